The first-order valence-electron chi connectivity index (χ1n) is 4.30. The zero-order valence-electron chi connectivity index (χ0n) is 8.40. The smallest absolute Gasteiger partial charge is 0.315 e. The van der Waals surface area contributed by atoms with Crippen molar-refractivity contribution in [2.75, 3.05) is 6.54 Å². The van der Waals surface area contributed by atoms with E-state index in [1.165, 1.54) is 4.90 Å². The number of alkyl halides is 2. The van der Waals surface area contributed by atoms with E-state index in [0.29, 0.717) is 6.54 Å². The molecule has 0 aromatic rings. The lowest BCUT2D eigenvalue weighted by atomic mass is 9.65. The molecule has 13 heavy (non-hydrogen) atoms. The number of carbonyl (C=O) groups is 1. The van der Waals surface area contributed by atoms with Crippen LogP contribution < -0.4 is 0 Å². The number of amides is 1. The Balaban J connectivity index is 2.75. The molecule has 0 N–H and O–H groups in total. The van der Waals surface area contributed by atoms with E-state index in [-0.39, 0.29) is 5.41 Å². The molecule has 1 heterocycles. The molecule has 76 valence electrons. The third-order valence-corrected chi connectivity index (χ3v) is 3.34. The molecule has 0 aliphatic carbocycles. The van der Waals surface area contributed by atoms with Crippen LogP contribution in [0, 0.1) is 5.41 Å². The molecule has 0 atom stereocenters. The number of carbonyl (C=O) groups excluding carboxylic acids is 1. The van der Waals surface area contributed by atoms with E-state index >= 15 is 0 Å². The molecular formula is C9H15F2NO. The molecule has 1 fully saturated rings. The molecule has 0 unspecified atom stereocenters. The minimum Gasteiger partial charge on any atom is -0.331 e. The third-order valence-electron chi connectivity index (χ3n) is 3.34. The molecular weight excluding hydrogens is 176 g/mol. The fourth-order valence-corrected chi connectivity index (χ4v) is 1.53. The summed E-state index contributed by atoms with van der Waals surface area (Å²) >= 11 is 0. The maximum atomic E-state index is 12.1. The Bertz CT molecular complexity index is 236. The highest BCUT2D eigenvalue weighted by molar-refractivity contribution is 5.81. The molecule has 0 aromatic heterocycles. The second kappa shape index (κ2) is 2.66. The first kappa shape index (κ1) is 10.4. The van der Waals surface area contributed by atoms with Gasteiger partial charge >= 0.3 is 6.43 Å². The molecule has 0 bridgehead atoms. The van der Waals surface area contributed by atoms with Gasteiger partial charge in [0.1, 0.15) is 0 Å². The fraction of sp³-hybridized carbons (Fsp3) is 0.889. The van der Waals surface area contributed by atoms with E-state index in [2.05, 4.69) is 0 Å². The van der Waals surface area contributed by atoms with Crippen molar-refractivity contribution < 1.29 is 13.6 Å². The van der Waals surface area contributed by atoms with Crippen LogP contribution in [0.3, 0.4) is 0 Å². The van der Waals surface area contributed by atoms with Crippen molar-refractivity contribution in [2.24, 2.45) is 5.41 Å². The Morgan fingerprint density at radius 3 is 2.00 bits per heavy atom. The van der Waals surface area contributed by atoms with Gasteiger partial charge in [0.05, 0.1) is 0 Å². The van der Waals surface area contributed by atoms with Crippen LogP contribution in [0.2, 0.25) is 0 Å². The van der Waals surface area contributed by atoms with Gasteiger partial charge in [0.15, 0.2) is 0 Å². The molecule has 1 aliphatic rings. The van der Waals surface area contributed by atoms with Crippen LogP contribution in [0.4, 0.5) is 8.78 Å². The number of rotatable bonds is 1. The van der Waals surface area contributed by atoms with Crippen molar-refractivity contribution in [3.63, 3.8) is 0 Å². The number of likely N-dealkylation sites (tertiary alicyclic amines) is 1. The van der Waals surface area contributed by atoms with Crippen molar-refractivity contribution in [3.05, 3.63) is 0 Å². The third kappa shape index (κ3) is 1.32. The monoisotopic (exact) mass is 191 g/mol. The lowest BCUT2D eigenvalue weighted by Crippen LogP contribution is -2.71. The molecule has 0 spiro atoms. The zero-order valence-corrected chi connectivity index (χ0v) is 8.40. The second-order valence-electron chi connectivity index (χ2n) is 4.67. The number of hydrogen-bond donors (Lipinski definition) is 0. The largest absolute Gasteiger partial charge is 0.331 e. The highest BCUT2D eigenvalue weighted by atomic mass is 19.3. The van der Waals surface area contributed by atoms with Gasteiger partial charge < -0.3 is 4.90 Å². The topological polar surface area (TPSA) is 20.3 Å². The summed E-state index contributed by atoms with van der Waals surface area (Å²) in [5.41, 5.74) is -0.530. The Morgan fingerprint density at radius 2 is 1.77 bits per heavy atom. The highest BCUT2D eigenvalue weighted by Crippen LogP contribution is 2.46. The lowest BCUT2D eigenvalue weighted by molar-refractivity contribution is -0.178. The normalized spacial score (nSPS) is 24.4. The molecule has 1 amide bonds. The maximum absolute atomic E-state index is 12.1. The van der Waals surface area contributed by atoms with Crippen molar-refractivity contribution in [1.29, 1.82) is 0 Å². The van der Waals surface area contributed by atoms with Crippen LogP contribution in [0.25, 0.3) is 0 Å². The molecule has 0 radical (unpaired) electrons. The Morgan fingerprint density at radius 1 is 1.31 bits per heavy atom. The summed E-state index contributed by atoms with van der Waals surface area (Å²) in [6, 6.07) is 0. The van der Waals surface area contributed by atoms with Gasteiger partial charge in [0, 0.05) is 17.5 Å². The predicted molar refractivity (Wildman–Crippen MR) is 45.6 cm³/mol. The van der Waals surface area contributed by atoms with Gasteiger partial charge in [-0.15, -0.1) is 0 Å². The van der Waals surface area contributed by atoms with Crippen LogP contribution in [-0.2, 0) is 4.79 Å². The molecule has 0 saturated carbocycles. The molecule has 1 rings (SSSR count). The first-order valence-corrected chi connectivity index (χ1v) is 4.30. The van der Waals surface area contributed by atoms with Crippen LogP contribution in [0.15, 0.2) is 0 Å². The fourth-order valence-electron chi connectivity index (χ4n) is 1.53. The minimum atomic E-state index is -2.88. The minimum absolute atomic E-state index is 0.0719. The number of nitrogens with zero attached hydrogens (tertiary/aromatic N) is 1. The van der Waals surface area contributed by atoms with Gasteiger partial charge in [-0.05, 0) is 13.8 Å². The van der Waals surface area contributed by atoms with Gasteiger partial charge in [-0.25, -0.2) is 0 Å². The molecule has 0 aromatic carbocycles. The van der Waals surface area contributed by atoms with Crippen LogP contribution in [-0.4, -0.2) is 29.3 Å². The van der Waals surface area contributed by atoms with Crippen molar-refractivity contribution in [2.45, 2.75) is 39.7 Å². The van der Waals surface area contributed by atoms with E-state index in [1.807, 2.05) is 27.7 Å². The van der Waals surface area contributed by atoms with Crippen molar-refractivity contribution >= 4 is 5.91 Å². The first-order chi connectivity index (χ1) is 5.70. The Labute approximate surface area is 76.9 Å². The standard InChI is InChI=1S/C9H15F2NO/c1-8(2)5-12(9(8,3)4)7(13)6(10)11/h6H,5H2,1-4H3. The van der Waals surface area contributed by atoms with E-state index in [0.717, 1.165) is 0 Å². The van der Waals surface area contributed by atoms with Gasteiger partial charge in [-0.3, -0.25) is 4.79 Å². The predicted octanol–water partition coefficient (Wildman–Crippen LogP) is 1.90. The van der Waals surface area contributed by atoms with E-state index < -0.39 is 17.9 Å². The number of hydrogen-bond acceptors (Lipinski definition) is 1. The van der Waals surface area contributed by atoms with Crippen LogP contribution in [0.5, 0.6) is 0 Å². The van der Waals surface area contributed by atoms with E-state index in [1.54, 1.807) is 0 Å². The average molecular weight is 191 g/mol. The van der Waals surface area contributed by atoms with E-state index in [9.17, 15) is 13.6 Å². The molecule has 1 aliphatic heterocycles. The average Bonchev–Trinajstić information content (AvgIpc) is 1.98. The summed E-state index contributed by atoms with van der Waals surface area (Å²) in [4.78, 5) is 12.3. The SMILES string of the molecule is CC1(C)CN(C(=O)C(F)F)C1(C)C. The van der Waals surface area contributed by atoms with Gasteiger partial charge in [0.25, 0.3) is 5.91 Å². The van der Waals surface area contributed by atoms with E-state index in [4.69, 9.17) is 0 Å². The Kier molecular flexibility index (Phi) is 2.13. The summed E-state index contributed by atoms with van der Waals surface area (Å²) in [7, 11) is 0. The molecule has 4 heteroatoms. The van der Waals surface area contributed by atoms with Gasteiger partial charge in [-0.2, -0.15) is 8.78 Å². The quantitative estimate of drug-likeness (QED) is 0.620. The lowest BCUT2D eigenvalue weighted by Gasteiger charge is -2.61. The highest BCUT2D eigenvalue weighted by Gasteiger charge is 2.55. The summed E-state index contributed by atoms with van der Waals surface area (Å²) in [6.07, 6.45) is -2.88. The van der Waals surface area contributed by atoms with Crippen molar-refractivity contribution in [1.82, 2.24) is 4.90 Å². The zero-order chi connectivity index (χ0) is 10.4. The summed E-state index contributed by atoms with van der Waals surface area (Å²) in [5, 5.41) is 0. The van der Waals surface area contributed by atoms with Crippen LogP contribution in [0.1, 0.15) is 27.7 Å². The van der Waals surface area contributed by atoms with Gasteiger partial charge in [0.2, 0.25) is 0 Å². The summed E-state index contributed by atoms with van der Waals surface area (Å²) < 4.78 is 24.2. The maximum Gasteiger partial charge on any atom is 0.315 e. The molecule has 2 nitrogen and oxygen atoms in total. The van der Waals surface area contributed by atoms with Gasteiger partial charge in [-0.1, -0.05) is 13.8 Å². The summed E-state index contributed by atoms with van der Waals surface area (Å²) in [5.74, 6) is -1.05. The molecule has 1 saturated heterocycles. The Hall–Kier alpha value is -0.670. The van der Waals surface area contributed by atoms with Crippen LogP contribution >= 0.6 is 0 Å². The number of halogens is 2. The second-order valence-corrected chi connectivity index (χ2v) is 4.67. The van der Waals surface area contributed by atoms with Crippen molar-refractivity contribution in [3.8, 4) is 0 Å². The summed E-state index contributed by atoms with van der Waals surface area (Å²) in [6.45, 7) is 8.00.